The zero-order valence-electron chi connectivity index (χ0n) is 17.3. The minimum absolute atomic E-state index is 0.0191. The van der Waals surface area contributed by atoms with Gasteiger partial charge in [-0.05, 0) is 47.9 Å². The third-order valence-electron chi connectivity index (χ3n) is 6.10. The number of rotatable bonds is 4. The van der Waals surface area contributed by atoms with Crippen molar-refractivity contribution in [2.45, 2.75) is 32.4 Å². The molecule has 0 amide bonds. The Kier molecular flexibility index (Phi) is 5.23. The summed E-state index contributed by atoms with van der Waals surface area (Å²) in [5.41, 5.74) is 4.20. The Morgan fingerprint density at radius 1 is 1.07 bits per heavy atom. The molecule has 2 aromatic rings. The molecule has 0 saturated carbocycles. The number of anilines is 1. The van der Waals surface area contributed by atoms with Crippen LogP contribution < -0.4 is 10.2 Å². The predicted molar refractivity (Wildman–Crippen MR) is 114 cm³/mol. The van der Waals surface area contributed by atoms with Gasteiger partial charge in [0.2, 0.25) is 0 Å². The lowest BCUT2D eigenvalue weighted by molar-refractivity contribution is 0.0945. The van der Waals surface area contributed by atoms with Crippen LogP contribution in [-0.2, 0) is 6.54 Å². The molecule has 3 N–H and O–H groups in total. The van der Waals surface area contributed by atoms with Crippen molar-refractivity contribution in [1.82, 2.24) is 10.2 Å². The highest BCUT2D eigenvalue weighted by molar-refractivity contribution is 6.03. The normalized spacial score (nSPS) is 19.6. The molecule has 2 aliphatic heterocycles. The van der Waals surface area contributed by atoms with Crippen molar-refractivity contribution in [3.05, 3.63) is 52.6 Å². The third-order valence-corrected chi connectivity index (χ3v) is 6.10. The van der Waals surface area contributed by atoms with Gasteiger partial charge >= 0.3 is 0 Å². The number of likely N-dealkylation sites (N-methyl/N-ethyl adjacent to an activating group) is 1. The Morgan fingerprint density at radius 3 is 2.48 bits per heavy atom. The number of nitrogens with one attached hydrogen (secondary N) is 1. The zero-order valence-corrected chi connectivity index (χ0v) is 17.3. The Morgan fingerprint density at radius 2 is 1.79 bits per heavy atom. The second-order valence-electron chi connectivity index (χ2n) is 8.43. The fraction of sp³-hybridized carbons (Fsp3) is 0.435. The first-order valence-corrected chi connectivity index (χ1v) is 10.2. The fourth-order valence-corrected chi connectivity index (χ4v) is 4.25. The van der Waals surface area contributed by atoms with Gasteiger partial charge in [0.15, 0.2) is 5.78 Å². The summed E-state index contributed by atoms with van der Waals surface area (Å²) in [4.78, 5) is 17.9. The summed E-state index contributed by atoms with van der Waals surface area (Å²) in [7, 11) is 2.14. The highest BCUT2D eigenvalue weighted by Crippen LogP contribution is 2.37. The van der Waals surface area contributed by atoms with E-state index in [0.29, 0.717) is 12.1 Å². The molecule has 29 heavy (non-hydrogen) atoms. The summed E-state index contributed by atoms with van der Waals surface area (Å²) in [6.45, 7) is 8.63. The van der Waals surface area contributed by atoms with Crippen LogP contribution in [-0.4, -0.2) is 54.1 Å². The Bertz CT molecular complexity index is 933. The summed E-state index contributed by atoms with van der Waals surface area (Å²) in [6.07, 6.45) is 0. The molecule has 2 heterocycles. The molecule has 0 spiro atoms. The number of aromatic hydroxyl groups is 2. The lowest BCUT2D eigenvalue weighted by atomic mass is 9.92. The molecule has 6 heteroatoms. The average molecular weight is 396 g/mol. The molecule has 6 nitrogen and oxygen atoms in total. The summed E-state index contributed by atoms with van der Waals surface area (Å²) in [6, 6.07) is 8.71. The molecule has 1 fully saturated rings. The SMILES string of the molecule is CC(C)c1cc(C(=O)C2NCc3cc(N4CCN(C)CC4)ccc32)c(O)cc1O. The summed E-state index contributed by atoms with van der Waals surface area (Å²) >= 11 is 0. The molecule has 154 valence electrons. The topological polar surface area (TPSA) is 76.0 Å². The van der Waals surface area contributed by atoms with Gasteiger partial charge in [0.1, 0.15) is 11.5 Å². The van der Waals surface area contributed by atoms with Crippen molar-refractivity contribution in [2.75, 3.05) is 38.1 Å². The number of hydrogen-bond acceptors (Lipinski definition) is 6. The van der Waals surface area contributed by atoms with Crippen LogP contribution in [0.4, 0.5) is 5.69 Å². The molecule has 1 unspecified atom stereocenters. The highest BCUT2D eigenvalue weighted by Gasteiger charge is 2.31. The van der Waals surface area contributed by atoms with E-state index in [4.69, 9.17) is 0 Å². The first-order chi connectivity index (χ1) is 13.8. The van der Waals surface area contributed by atoms with E-state index >= 15 is 0 Å². The number of piperazine rings is 1. The average Bonchev–Trinajstić information content (AvgIpc) is 3.11. The minimum atomic E-state index is -0.484. The number of nitrogens with zero attached hydrogens (tertiary/aromatic N) is 2. The number of Topliss-reactive ketones (excluding diaryl/α,β-unsaturated/α-hetero) is 1. The molecule has 0 aliphatic carbocycles. The molecular formula is C23H29N3O3. The molecule has 4 rings (SSSR count). The standard InChI is InChI=1S/C23H29N3O3/c1-14(2)18-11-19(21(28)12-20(18)27)23(29)22-17-5-4-16(10-15(17)13-24-22)26-8-6-25(3)7-9-26/h4-5,10-12,14,22,24,27-28H,6-9,13H2,1-3H3. The number of benzene rings is 2. The van der Waals surface area contributed by atoms with Gasteiger partial charge in [0.05, 0.1) is 11.6 Å². The maximum atomic E-state index is 13.2. The number of fused-ring (bicyclic) bond motifs is 1. The predicted octanol–water partition coefficient (Wildman–Crippen LogP) is 3.00. The van der Waals surface area contributed by atoms with Crippen molar-refractivity contribution >= 4 is 11.5 Å². The van der Waals surface area contributed by atoms with Crippen LogP contribution in [0.1, 0.15) is 52.9 Å². The van der Waals surface area contributed by atoms with Gasteiger partial charge < -0.3 is 20.0 Å². The minimum Gasteiger partial charge on any atom is -0.508 e. The van der Waals surface area contributed by atoms with Crippen molar-refractivity contribution < 1.29 is 15.0 Å². The number of ketones is 1. The van der Waals surface area contributed by atoms with E-state index in [1.54, 1.807) is 6.07 Å². The number of phenolic OH excluding ortho intramolecular Hbond substituents is 2. The van der Waals surface area contributed by atoms with Crippen molar-refractivity contribution in [3.8, 4) is 11.5 Å². The summed E-state index contributed by atoms with van der Waals surface area (Å²) in [5.74, 6) is -0.278. The van der Waals surface area contributed by atoms with E-state index in [1.165, 1.54) is 11.8 Å². The van der Waals surface area contributed by atoms with E-state index in [-0.39, 0.29) is 28.8 Å². The molecule has 0 radical (unpaired) electrons. The number of carbonyl (C=O) groups excluding carboxylic acids is 1. The Hall–Kier alpha value is -2.57. The molecular weight excluding hydrogens is 366 g/mol. The molecule has 2 aliphatic rings. The van der Waals surface area contributed by atoms with Crippen molar-refractivity contribution in [1.29, 1.82) is 0 Å². The van der Waals surface area contributed by atoms with Crippen LogP contribution in [0.15, 0.2) is 30.3 Å². The second kappa shape index (κ2) is 7.69. The molecule has 1 saturated heterocycles. The van der Waals surface area contributed by atoms with Gasteiger partial charge in [0, 0.05) is 44.5 Å². The van der Waals surface area contributed by atoms with Crippen LogP contribution in [0.5, 0.6) is 11.5 Å². The smallest absolute Gasteiger partial charge is 0.188 e. The lowest BCUT2D eigenvalue weighted by Crippen LogP contribution is -2.44. The molecule has 0 aromatic heterocycles. The second-order valence-corrected chi connectivity index (χ2v) is 8.43. The maximum absolute atomic E-state index is 13.2. The van der Waals surface area contributed by atoms with Gasteiger partial charge in [-0.15, -0.1) is 0 Å². The van der Waals surface area contributed by atoms with Crippen LogP contribution in [0.3, 0.4) is 0 Å². The van der Waals surface area contributed by atoms with Gasteiger partial charge in [-0.3, -0.25) is 10.1 Å². The summed E-state index contributed by atoms with van der Waals surface area (Å²) in [5, 5.41) is 23.7. The van der Waals surface area contributed by atoms with E-state index < -0.39 is 6.04 Å². The quantitative estimate of drug-likeness (QED) is 0.691. The van der Waals surface area contributed by atoms with Crippen LogP contribution in [0.2, 0.25) is 0 Å². The molecule has 2 aromatic carbocycles. The van der Waals surface area contributed by atoms with E-state index in [1.807, 2.05) is 19.9 Å². The summed E-state index contributed by atoms with van der Waals surface area (Å²) < 4.78 is 0. The zero-order chi connectivity index (χ0) is 20.7. The maximum Gasteiger partial charge on any atom is 0.188 e. The number of phenols is 2. The van der Waals surface area contributed by atoms with Crippen LogP contribution >= 0.6 is 0 Å². The molecule has 0 bridgehead atoms. The van der Waals surface area contributed by atoms with Gasteiger partial charge in [-0.2, -0.15) is 0 Å². The monoisotopic (exact) mass is 395 g/mol. The van der Waals surface area contributed by atoms with E-state index in [9.17, 15) is 15.0 Å². The fourth-order valence-electron chi connectivity index (χ4n) is 4.25. The van der Waals surface area contributed by atoms with Crippen molar-refractivity contribution in [3.63, 3.8) is 0 Å². The molecule has 1 atom stereocenters. The Labute approximate surface area is 171 Å². The van der Waals surface area contributed by atoms with Gasteiger partial charge in [-0.25, -0.2) is 0 Å². The number of carbonyl (C=O) groups is 1. The van der Waals surface area contributed by atoms with Gasteiger partial charge in [0.25, 0.3) is 0 Å². The number of hydrogen-bond donors (Lipinski definition) is 3. The first kappa shape index (κ1) is 19.7. The van der Waals surface area contributed by atoms with Crippen molar-refractivity contribution in [2.24, 2.45) is 0 Å². The van der Waals surface area contributed by atoms with Crippen LogP contribution in [0, 0.1) is 0 Å². The Balaban J connectivity index is 1.60. The van der Waals surface area contributed by atoms with E-state index in [0.717, 1.165) is 37.3 Å². The van der Waals surface area contributed by atoms with Crippen LogP contribution in [0.25, 0.3) is 0 Å². The lowest BCUT2D eigenvalue weighted by Gasteiger charge is -2.34. The van der Waals surface area contributed by atoms with Gasteiger partial charge in [-0.1, -0.05) is 19.9 Å². The highest BCUT2D eigenvalue weighted by atomic mass is 16.3. The largest absolute Gasteiger partial charge is 0.508 e. The third kappa shape index (κ3) is 3.70. The first-order valence-electron chi connectivity index (χ1n) is 10.2. The van der Waals surface area contributed by atoms with E-state index in [2.05, 4.69) is 34.3 Å².